The van der Waals surface area contributed by atoms with Crippen LogP contribution in [0.15, 0.2) is 54.6 Å². The molecule has 0 aromatic heterocycles. The van der Waals surface area contributed by atoms with E-state index in [1.165, 1.54) is 35.6 Å². The van der Waals surface area contributed by atoms with Gasteiger partial charge < -0.3 is 14.2 Å². The number of hydrogen-bond acceptors (Lipinski definition) is 6. The van der Waals surface area contributed by atoms with E-state index in [2.05, 4.69) is 43.0 Å². The first-order valence-corrected chi connectivity index (χ1v) is 15.5. The Morgan fingerprint density at radius 1 is 0.975 bits per heavy atom. The minimum Gasteiger partial charge on any atom is -0.494 e. The van der Waals surface area contributed by atoms with Crippen LogP contribution in [0.4, 0.5) is 0 Å². The molecule has 7 heteroatoms. The normalized spacial score (nSPS) is 12.8. The molecular formula is C33H36O6S. The molecule has 0 unspecified atom stereocenters. The quantitative estimate of drug-likeness (QED) is 0.167. The van der Waals surface area contributed by atoms with Crippen LogP contribution in [0.5, 0.6) is 11.5 Å². The van der Waals surface area contributed by atoms with Crippen molar-refractivity contribution in [2.24, 2.45) is 0 Å². The second kappa shape index (κ2) is 13.1. The molecule has 1 atom stereocenters. The van der Waals surface area contributed by atoms with Crippen molar-refractivity contribution < 1.29 is 27.4 Å². The molecule has 1 aliphatic rings. The third-order valence-corrected chi connectivity index (χ3v) is 8.06. The van der Waals surface area contributed by atoms with Gasteiger partial charge in [0, 0.05) is 6.26 Å². The molecule has 0 spiro atoms. The van der Waals surface area contributed by atoms with Crippen LogP contribution in [0.2, 0.25) is 0 Å². The van der Waals surface area contributed by atoms with Gasteiger partial charge in [0.25, 0.3) is 0 Å². The molecule has 0 saturated carbocycles. The first-order chi connectivity index (χ1) is 19.2. The number of hydrogen-bond donors (Lipinski definition) is 0. The minimum atomic E-state index is -2.98. The van der Waals surface area contributed by atoms with Crippen molar-refractivity contribution in [2.75, 3.05) is 25.7 Å². The fourth-order valence-electron chi connectivity index (χ4n) is 5.07. The Kier molecular flexibility index (Phi) is 9.54. The average molecular weight is 561 g/mol. The molecule has 0 saturated heterocycles. The first-order valence-electron chi connectivity index (χ1n) is 13.4. The Hall–Kier alpha value is -3.76. The molecular weight excluding hydrogens is 524 g/mol. The number of benzene rings is 3. The van der Waals surface area contributed by atoms with E-state index < -0.39 is 9.84 Å². The summed E-state index contributed by atoms with van der Waals surface area (Å²) in [7, 11) is -1.60. The lowest BCUT2D eigenvalue weighted by Crippen LogP contribution is -2.10. The second-order valence-electron chi connectivity index (χ2n) is 10.2. The van der Waals surface area contributed by atoms with E-state index in [0.29, 0.717) is 19.6 Å². The Balaban J connectivity index is 1.44. The van der Waals surface area contributed by atoms with Crippen LogP contribution >= 0.6 is 0 Å². The van der Waals surface area contributed by atoms with Gasteiger partial charge in [-0.3, -0.25) is 4.79 Å². The minimum absolute atomic E-state index is 0.128. The highest BCUT2D eigenvalue weighted by atomic mass is 32.2. The molecule has 0 amide bonds. The number of aryl methyl sites for hydroxylation is 3. The monoisotopic (exact) mass is 560 g/mol. The molecule has 0 radical (unpaired) electrons. The van der Waals surface area contributed by atoms with Gasteiger partial charge in [-0.05, 0) is 102 Å². The highest BCUT2D eigenvalue weighted by Gasteiger charge is 2.20. The summed E-state index contributed by atoms with van der Waals surface area (Å²) in [6, 6.07) is 18.4. The largest absolute Gasteiger partial charge is 0.494 e. The molecule has 40 heavy (non-hydrogen) atoms. The van der Waals surface area contributed by atoms with Gasteiger partial charge in [-0.1, -0.05) is 30.2 Å². The predicted molar refractivity (Wildman–Crippen MR) is 157 cm³/mol. The van der Waals surface area contributed by atoms with E-state index in [4.69, 9.17) is 14.2 Å². The van der Waals surface area contributed by atoms with E-state index in [1.807, 2.05) is 30.3 Å². The predicted octanol–water partition coefficient (Wildman–Crippen LogP) is 5.82. The summed E-state index contributed by atoms with van der Waals surface area (Å²) in [4.78, 5) is 11.8. The Labute approximate surface area is 237 Å². The molecule has 0 heterocycles. The van der Waals surface area contributed by atoms with Gasteiger partial charge in [0.2, 0.25) is 0 Å². The number of carbonyl (C=O) groups is 1. The topological polar surface area (TPSA) is 78.9 Å². The van der Waals surface area contributed by atoms with Crippen LogP contribution in [0.1, 0.15) is 53.5 Å². The lowest BCUT2D eigenvalue weighted by molar-refractivity contribution is -0.140. The second-order valence-corrected chi connectivity index (χ2v) is 12.4. The fraction of sp³-hybridized carbons (Fsp3) is 0.364. The number of sulfone groups is 1. The molecule has 0 N–H and O–H groups in total. The van der Waals surface area contributed by atoms with Crippen molar-refractivity contribution in [3.63, 3.8) is 0 Å². The van der Waals surface area contributed by atoms with Crippen molar-refractivity contribution in [2.45, 2.75) is 52.1 Å². The summed E-state index contributed by atoms with van der Waals surface area (Å²) >= 11 is 0. The number of methoxy groups -OCH3 is 1. The zero-order valence-corrected chi connectivity index (χ0v) is 24.4. The zero-order chi connectivity index (χ0) is 28.7. The maximum Gasteiger partial charge on any atom is 0.307 e. The maximum absolute atomic E-state index is 11.8. The summed E-state index contributed by atoms with van der Waals surface area (Å²) in [5, 5.41) is 0. The number of rotatable bonds is 11. The third kappa shape index (κ3) is 7.67. The summed E-state index contributed by atoms with van der Waals surface area (Å²) in [6.45, 7) is 4.67. The molecule has 0 bridgehead atoms. The molecule has 4 rings (SSSR count). The van der Waals surface area contributed by atoms with Gasteiger partial charge >= 0.3 is 5.97 Å². The molecule has 3 aromatic carbocycles. The summed E-state index contributed by atoms with van der Waals surface area (Å²) < 4.78 is 39.6. The van der Waals surface area contributed by atoms with Crippen molar-refractivity contribution in [3.05, 3.63) is 82.4 Å². The third-order valence-electron chi connectivity index (χ3n) is 7.03. The Morgan fingerprint density at radius 2 is 1.73 bits per heavy atom. The summed E-state index contributed by atoms with van der Waals surface area (Å²) in [5.41, 5.74) is 8.20. The molecule has 0 aliphatic heterocycles. The highest BCUT2D eigenvalue weighted by molar-refractivity contribution is 7.90. The summed E-state index contributed by atoms with van der Waals surface area (Å²) in [5.74, 6) is 7.14. The van der Waals surface area contributed by atoms with Gasteiger partial charge in [-0.15, -0.1) is 5.92 Å². The van der Waals surface area contributed by atoms with E-state index in [0.717, 1.165) is 41.0 Å². The number of carbonyl (C=O) groups excluding carboxylic acids is 1. The number of ether oxygens (including phenoxy) is 3. The van der Waals surface area contributed by atoms with Crippen LogP contribution in [0.3, 0.4) is 0 Å². The van der Waals surface area contributed by atoms with Gasteiger partial charge in [-0.2, -0.15) is 0 Å². The van der Waals surface area contributed by atoms with E-state index in [1.54, 1.807) is 6.92 Å². The zero-order valence-electron chi connectivity index (χ0n) is 23.6. The van der Waals surface area contributed by atoms with Crippen LogP contribution in [0, 0.1) is 18.8 Å². The molecule has 1 aliphatic carbocycles. The molecule has 210 valence electrons. The summed E-state index contributed by atoms with van der Waals surface area (Å²) in [6.07, 6.45) is 3.83. The van der Waals surface area contributed by atoms with Crippen LogP contribution in [0.25, 0.3) is 11.1 Å². The Morgan fingerprint density at radius 3 is 2.42 bits per heavy atom. The average Bonchev–Trinajstić information content (AvgIpc) is 2.93. The van der Waals surface area contributed by atoms with Crippen LogP contribution in [-0.2, 0) is 38.8 Å². The van der Waals surface area contributed by atoms with Crippen molar-refractivity contribution in [1.29, 1.82) is 0 Å². The van der Waals surface area contributed by atoms with Crippen molar-refractivity contribution in [3.8, 4) is 34.5 Å². The van der Waals surface area contributed by atoms with Crippen LogP contribution in [-0.4, -0.2) is 40.1 Å². The maximum atomic E-state index is 11.8. The van der Waals surface area contributed by atoms with Crippen LogP contribution < -0.4 is 9.47 Å². The molecule has 6 nitrogen and oxygen atoms in total. The highest BCUT2D eigenvalue weighted by Crippen LogP contribution is 2.39. The van der Waals surface area contributed by atoms with Gasteiger partial charge in [0.15, 0.2) is 0 Å². The van der Waals surface area contributed by atoms with Gasteiger partial charge in [0.05, 0.1) is 31.8 Å². The van der Waals surface area contributed by atoms with E-state index in [-0.39, 0.29) is 24.1 Å². The molecule has 0 fully saturated rings. The fourth-order valence-corrected chi connectivity index (χ4v) is 5.72. The van der Waals surface area contributed by atoms with Crippen molar-refractivity contribution >= 4 is 15.8 Å². The standard InChI is InChI=1S/C33H36O6S/c1-5-7-27(21-32(34)37-3)25-12-14-29(15-13-25)39-22-24-8-9-26-10-11-28-20-30(38-16-6-17-40(4,35)36)18-23(2)33(28)31(26)19-24/h8-9,12-15,18-20,27H,6,10-11,16-17,21-22H2,1-4H3/t27-/m0/s1. The lowest BCUT2D eigenvalue weighted by atomic mass is 9.82. The lowest BCUT2D eigenvalue weighted by Gasteiger charge is -2.24. The Bertz CT molecular complexity index is 1530. The van der Waals surface area contributed by atoms with Gasteiger partial charge in [0.1, 0.15) is 27.9 Å². The van der Waals surface area contributed by atoms with E-state index in [9.17, 15) is 13.2 Å². The molecule has 3 aromatic rings. The SMILES string of the molecule is CC#C[C@@H](CC(=O)OC)c1ccc(OCc2ccc3c(c2)-c2c(C)cc(OCCCS(C)(=O)=O)cc2CC3)cc1. The number of fused-ring (bicyclic) bond motifs is 3. The smallest absolute Gasteiger partial charge is 0.307 e. The van der Waals surface area contributed by atoms with Gasteiger partial charge in [-0.25, -0.2) is 8.42 Å². The number of esters is 1. The first kappa shape index (κ1) is 29.2. The van der Waals surface area contributed by atoms with E-state index >= 15 is 0 Å². The van der Waals surface area contributed by atoms with Crippen molar-refractivity contribution in [1.82, 2.24) is 0 Å².